The van der Waals surface area contributed by atoms with Crippen LogP contribution in [0.15, 0.2) is 18.7 Å². The highest BCUT2D eigenvalue weighted by Crippen LogP contribution is 2.40. The van der Waals surface area contributed by atoms with Gasteiger partial charge in [0.05, 0.1) is 36.8 Å². The first-order valence-electron chi connectivity index (χ1n) is 11.5. The van der Waals surface area contributed by atoms with Crippen molar-refractivity contribution in [3.8, 4) is 0 Å². The first-order valence-corrected chi connectivity index (χ1v) is 11.5. The molecule has 6 atom stereocenters. The van der Waals surface area contributed by atoms with Crippen molar-refractivity contribution >= 4 is 28.9 Å². The smallest absolute Gasteiger partial charge is 0.475 e. The summed E-state index contributed by atoms with van der Waals surface area (Å²) in [6.07, 6.45) is 0.610. The lowest BCUT2D eigenvalue weighted by molar-refractivity contribution is -0.192. The van der Waals surface area contributed by atoms with Gasteiger partial charge in [0, 0.05) is 6.20 Å². The number of nitrogens with one attached hydrogen (secondary N) is 1. The zero-order chi connectivity index (χ0) is 27.1. The predicted molar refractivity (Wildman–Crippen MR) is 122 cm³/mol. The van der Waals surface area contributed by atoms with Crippen LogP contribution >= 0.6 is 0 Å². The number of carbonyl (C=O) groups is 1. The Labute approximate surface area is 207 Å². The van der Waals surface area contributed by atoms with Crippen LogP contribution in [0.4, 0.5) is 24.9 Å². The van der Waals surface area contributed by atoms with Gasteiger partial charge >= 0.3 is 12.1 Å². The van der Waals surface area contributed by atoms with E-state index in [1.807, 2.05) is 13.1 Å². The molecule has 202 valence electrons. The normalized spacial score (nSPS) is 27.8. The average molecular weight is 528 g/mol. The van der Waals surface area contributed by atoms with E-state index in [1.165, 1.54) is 0 Å². The van der Waals surface area contributed by atoms with Crippen molar-refractivity contribution in [2.24, 2.45) is 0 Å². The molecule has 0 aliphatic heterocycles. The minimum absolute atomic E-state index is 0.121. The highest BCUT2D eigenvalue weighted by Gasteiger charge is 2.44. The molecule has 3 heterocycles. The van der Waals surface area contributed by atoms with Crippen molar-refractivity contribution in [3.63, 3.8) is 0 Å². The molecule has 0 amide bonds. The van der Waals surface area contributed by atoms with Crippen LogP contribution in [0.5, 0.6) is 0 Å². The molecule has 0 aromatic carbocycles. The van der Waals surface area contributed by atoms with Gasteiger partial charge in [-0.15, -0.1) is 0 Å². The van der Waals surface area contributed by atoms with Gasteiger partial charge in [-0.2, -0.15) is 28.2 Å². The number of anilines is 2. The number of aromatic nitrogens is 6. The van der Waals surface area contributed by atoms with Gasteiger partial charge in [-0.05, 0) is 38.2 Å². The van der Waals surface area contributed by atoms with Crippen LogP contribution in [0.25, 0.3) is 11.2 Å². The van der Waals surface area contributed by atoms with E-state index in [4.69, 9.17) is 15.6 Å². The zero-order valence-electron chi connectivity index (χ0n) is 19.6. The standard InChI is InChI=1S/C19H26N8O3.C2HF3O2/c1-9-6-22-27(7-9)12-5-11(15(29)16(12)30)26-8-21-14-17(20)24-19(25-18(14)26)23-10-3-2-4-13(10)28;3-2(4,5)1(6)7/h6-8,10-13,15-16,28-30H,2-5H2,1H3,(H3,20,23,24,25);(H,6,7)/t10-,11-,12+,13-,15+,16-;/m1./s1. The lowest BCUT2D eigenvalue weighted by Gasteiger charge is -2.19. The Hall–Kier alpha value is -3.50. The van der Waals surface area contributed by atoms with Gasteiger partial charge in [0.2, 0.25) is 5.95 Å². The Bertz CT molecular complexity index is 1260. The van der Waals surface area contributed by atoms with Crippen molar-refractivity contribution in [1.82, 2.24) is 29.3 Å². The molecule has 37 heavy (non-hydrogen) atoms. The number of nitrogens with zero attached hydrogens (tertiary/aromatic N) is 6. The Kier molecular flexibility index (Phi) is 7.25. The van der Waals surface area contributed by atoms with Gasteiger partial charge in [0.15, 0.2) is 11.5 Å². The number of aryl methyl sites for hydroxylation is 1. The summed E-state index contributed by atoms with van der Waals surface area (Å²) < 4.78 is 35.2. The second-order valence-corrected chi connectivity index (χ2v) is 9.16. The summed E-state index contributed by atoms with van der Waals surface area (Å²) in [5.74, 6) is -2.21. The van der Waals surface area contributed by atoms with Crippen molar-refractivity contribution in [2.75, 3.05) is 11.1 Å². The molecule has 2 saturated carbocycles. The minimum atomic E-state index is -5.08. The van der Waals surface area contributed by atoms with Gasteiger partial charge in [0.25, 0.3) is 0 Å². The molecule has 3 aromatic heterocycles. The fraction of sp³-hybridized carbons (Fsp3) is 0.571. The third kappa shape index (κ3) is 5.45. The lowest BCUT2D eigenvalue weighted by atomic mass is 10.2. The number of rotatable bonds is 4. The summed E-state index contributed by atoms with van der Waals surface area (Å²) in [6.45, 7) is 1.93. The number of imidazole rings is 1. The third-order valence-electron chi connectivity index (χ3n) is 6.53. The molecular weight excluding hydrogens is 501 g/mol. The van der Waals surface area contributed by atoms with Crippen LogP contribution in [0.3, 0.4) is 0 Å². The number of halogens is 3. The summed E-state index contributed by atoms with van der Waals surface area (Å²) in [7, 11) is 0. The Morgan fingerprint density at radius 3 is 2.41 bits per heavy atom. The molecule has 0 saturated heterocycles. The van der Waals surface area contributed by atoms with Gasteiger partial charge in [0.1, 0.15) is 17.7 Å². The number of aliphatic carboxylic acids is 1. The molecule has 2 aliphatic carbocycles. The number of aliphatic hydroxyl groups excluding tert-OH is 3. The predicted octanol–water partition coefficient (Wildman–Crippen LogP) is 0.780. The van der Waals surface area contributed by atoms with E-state index < -0.39 is 36.5 Å². The number of nitrogen functional groups attached to an aromatic ring is 1. The Morgan fingerprint density at radius 1 is 1.16 bits per heavy atom. The van der Waals surface area contributed by atoms with E-state index in [2.05, 4.69) is 25.4 Å². The number of fused-ring (bicyclic) bond motifs is 1. The molecule has 0 bridgehead atoms. The SMILES string of the molecule is Cc1cnn([C@H]2C[C@@H](n3cnc4c(N)nc(N[C@@H]5CCC[C@H]5O)nc43)[C@H](O)[C@@H]2O)c1.O=C(O)C(F)(F)F. The van der Waals surface area contributed by atoms with Gasteiger partial charge in [-0.25, -0.2) is 9.78 Å². The highest BCUT2D eigenvalue weighted by atomic mass is 19.4. The number of nitrogens with two attached hydrogens (primary N) is 1. The van der Waals surface area contributed by atoms with Crippen molar-refractivity contribution in [2.45, 2.75) is 75.2 Å². The highest BCUT2D eigenvalue weighted by molar-refractivity contribution is 5.83. The van der Waals surface area contributed by atoms with E-state index in [1.54, 1.807) is 21.8 Å². The number of hydrogen-bond acceptors (Lipinski definition) is 10. The topological polar surface area (TPSA) is 197 Å². The molecule has 5 rings (SSSR count). The van der Waals surface area contributed by atoms with E-state index in [-0.39, 0.29) is 17.9 Å². The number of carboxylic acids is 1. The van der Waals surface area contributed by atoms with E-state index in [0.717, 1.165) is 24.8 Å². The van der Waals surface area contributed by atoms with Crippen LogP contribution in [-0.4, -0.2) is 86.2 Å². The second kappa shape index (κ2) is 10.1. The van der Waals surface area contributed by atoms with Crippen LogP contribution in [0, 0.1) is 6.92 Å². The number of carboxylic acid groups (broad SMARTS) is 1. The largest absolute Gasteiger partial charge is 0.490 e. The van der Waals surface area contributed by atoms with Crippen LogP contribution in [0.1, 0.15) is 43.3 Å². The first-order chi connectivity index (χ1) is 17.4. The third-order valence-corrected chi connectivity index (χ3v) is 6.53. The van der Waals surface area contributed by atoms with E-state index in [0.29, 0.717) is 23.5 Å². The van der Waals surface area contributed by atoms with Crippen molar-refractivity contribution in [1.29, 1.82) is 0 Å². The van der Waals surface area contributed by atoms with Crippen molar-refractivity contribution < 1.29 is 38.4 Å². The lowest BCUT2D eigenvalue weighted by Crippen LogP contribution is -2.30. The Balaban J connectivity index is 0.000000405. The monoisotopic (exact) mass is 528 g/mol. The molecule has 2 aliphatic rings. The molecule has 0 radical (unpaired) electrons. The van der Waals surface area contributed by atoms with Gasteiger partial charge < -0.3 is 36.0 Å². The van der Waals surface area contributed by atoms with Gasteiger partial charge in [-0.3, -0.25) is 4.68 Å². The molecule has 0 spiro atoms. The summed E-state index contributed by atoms with van der Waals surface area (Å²) >= 11 is 0. The number of alkyl halides is 3. The molecule has 13 nitrogen and oxygen atoms in total. The average Bonchev–Trinajstić information content (AvgIpc) is 3.58. The summed E-state index contributed by atoms with van der Waals surface area (Å²) in [5, 5.41) is 46.1. The molecule has 7 N–H and O–H groups in total. The molecular formula is C21H27F3N8O5. The quantitative estimate of drug-likeness (QED) is 0.280. The van der Waals surface area contributed by atoms with E-state index >= 15 is 0 Å². The zero-order valence-corrected chi connectivity index (χ0v) is 19.6. The summed E-state index contributed by atoms with van der Waals surface area (Å²) in [5.41, 5.74) is 8.01. The van der Waals surface area contributed by atoms with Crippen LogP contribution in [-0.2, 0) is 4.79 Å². The molecule has 3 aromatic rings. The maximum atomic E-state index is 10.8. The Morgan fingerprint density at radius 2 is 1.84 bits per heavy atom. The maximum Gasteiger partial charge on any atom is 0.490 e. The van der Waals surface area contributed by atoms with E-state index in [9.17, 15) is 28.5 Å². The van der Waals surface area contributed by atoms with Crippen LogP contribution < -0.4 is 11.1 Å². The molecule has 16 heteroatoms. The first kappa shape index (κ1) is 26.6. The number of hydrogen-bond donors (Lipinski definition) is 6. The van der Waals surface area contributed by atoms with Gasteiger partial charge in [-0.1, -0.05) is 0 Å². The minimum Gasteiger partial charge on any atom is -0.475 e. The molecule has 0 unspecified atom stereocenters. The fourth-order valence-corrected chi connectivity index (χ4v) is 4.66. The second-order valence-electron chi connectivity index (χ2n) is 9.16. The van der Waals surface area contributed by atoms with Crippen molar-refractivity contribution in [3.05, 3.63) is 24.3 Å². The summed E-state index contributed by atoms with van der Waals surface area (Å²) in [4.78, 5) is 22.1. The molecule has 2 fully saturated rings. The summed E-state index contributed by atoms with van der Waals surface area (Å²) in [6, 6.07) is -0.926. The number of aliphatic hydroxyl groups is 3. The maximum absolute atomic E-state index is 10.8. The fourth-order valence-electron chi connectivity index (χ4n) is 4.66. The van der Waals surface area contributed by atoms with Crippen LogP contribution in [0.2, 0.25) is 0 Å².